The highest BCUT2D eigenvalue weighted by Crippen LogP contribution is 2.36. The minimum absolute atomic E-state index is 0.189. The van der Waals surface area contributed by atoms with Crippen LogP contribution in [0, 0.1) is 0 Å². The zero-order valence-corrected chi connectivity index (χ0v) is 14.3. The van der Waals surface area contributed by atoms with Crippen LogP contribution in [-0.2, 0) is 14.9 Å². The Labute approximate surface area is 134 Å². The van der Waals surface area contributed by atoms with Gasteiger partial charge >= 0.3 is 5.97 Å². The van der Waals surface area contributed by atoms with Gasteiger partial charge in [-0.1, -0.05) is 50.6 Å². The zero-order chi connectivity index (χ0) is 16.2. The predicted octanol–water partition coefficient (Wildman–Crippen LogP) is 5.13. The van der Waals surface area contributed by atoms with Gasteiger partial charge in [-0.2, -0.15) is 0 Å². The van der Waals surface area contributed by atoms with E-state index in [0.717, 1.165) is 25.7 Å². The number of benzene rings is 1. The number of rotatable bonds is 3. The van der Waals surface area contributed by atoms with Gasteiger partial charge in [0, 0.05) is 6.08 Å². The maximum absolute atomic E-state index is 11.5. The van der Waals surface area contributed by atoms with Crippen molar-refractivity contribution in [1.82, 2.24) is 0 Å². The average molecular weight is 300 g/mol. The van der Waals surface area contributed by atoms with Crippen LogP contribution < -0.4 is 0 Å². The van der Waals surface area contributed by atoms with Gasteiger partial charge in [0.15, 0.2) is 0 Å². The van der Waals surface area contributed by atoms with Crippen LogP contribution in [0.15, 0.2) is 35.9 Å². The van der Waals surface area contributed by atoms with Crippen LogP contribution in [-0.4, -0.2) is 12.6 Å². The summed E-state index contributed by atoms with van der Waals surface area (Å²) >= 11 is 0. The van der Waals surface area contributed by atoms with Crippen LogP contribution >= 0.6 is 0 Å². The highest BCUT2D eigenvalue weighted by molar-refractivity contribution is 5.82. The molecule has 2 heteroatoms. The first kappa shape index (κ1) is 16.8. The Morgan fingerprint density at radius 1 is 1.27 bits per heavy atom. The lowest BCUT2D eigenvalue weighted by Crippen LogP contribution is -2.13. The first-order valence-corrected chi connectivity index (χ1v) is 8.37. The Bertz CT molecular complexity index is 539. The van der Waals surface area contributed by atoms with Gasteiger partial charge in [-0.05, 0) is 55.1 Å². The third kappa shape index (κ3) is 4.46. The molecule has 0 bridgehead atoms. The van der Waals surface area contributed by atoms with Crippen LogP contribution in [0.4, 0.5) is 0 Å². The normalized spacial score (nSPS) is 18.9. The van der Waals surface area contributed by atoms with Gasteiger partial charge in [0.05, 0.1) is 6.61 Å². The fourth-order valence-electron chi connectivity index (χ4n) is 3.08. The number of carbonyl (C=O) groups excluding carboxylic acids is 1. The van der Waals surface area contributed by atoms with Crippen molar-refractivity contribution in [2.45, 2.75) is 64.7 Å². The van der Waals surface area contributed by atoms with Gasteiger partial charge in [-0.25, -0.2) is 4.79 Å². The second kappa shape index (κ2) is 7.13. The maximum Gasteiger partial charge on any atom is 0.330 e. The summed E-state index contributed by atoms with van der Waals surface area (Å²) in [6, 6.07) is 9.02. The van der Waals surface area contributed by atoms with Crippen molar-refractivity contribution in [2.24, 2.45) is 0 Å². The second-order valence-corrected chi connectivity index (χ2v) is 7.20. The molecular weight excluding hydrogens is 272 g/mol. The fourth-order valence-corrected chi connectivity index (χ4v) is 3.08. The molecule has 0 amide bonds. The molecule has 0 atom stereocenters. The van der Waals surface area contributed by atoms with E-state index in [1.807, 2.05) is 6.92 Å². The van der Waals surface area contributed by atoms with Crippen molar-refractivity contribution in [1.29, 1.82) is 0 Å². The number of allylic oxidation sites excluding steroid dienone is 1. The maximum atomic E-state index is 11.5. The summed E-state index contributed by atoms with van der Waals surface area (Å²) in [6.07, 6.45) is 5.95. The largest absolute Gasteiger partial charge is 0.463 e. The zero-order valence-electron chi connectivity index (χ0n) is 14.3. The van der Waals surface area contributed by atoms with Crippen molar-refractivity contribution in [3.8, 4) is 0 Å². The van der Waals surface area contributed by atoms with Gasteiger partial charge in [0.2, 0.25) is 0 Å². The van der Waals surface area contributed by atoms with Crippen LogP contribution in [0.2, 0.25) is 0 Å². The molecule has 0 N–H and O–H groups in total. The molecule has 0 heterocycles. The van der Waals surface area contributed by atoms with Gasteiger partial charge in [0.25, 0.3) is 0 Å². The molecule has 0 saturated heterocycles. The molecule has 0 aliphatic heterocycles. The lowest BCUT2D eigenvalue weighted by molar-refractivity contribution is -0.137. The first-order valence-electron chi connectivity index (χ1n) is 8.37. The van der Waals surface area contributed by atoms with Crippen LogP contribution in [0.5, 0.6) is 0 Å². The number of ether oxygens (including phenoxy) is 1. The van der Waals surface area contributed by atoms with Crippen molar-refractivity contribution in [3.63, 3.8) is 0 Å². The Balaban J connectivity index is 2.02. The molecular formula is C20H28O2. The molecule has 0 unspecified atom stereocenters. The highest BCUT2D eigenvalue weighted by Gasteiger charge is 2.21. The number of hydrogen-bond acceptors (Lipinski definition) is 2. The van der Waals surface area contributed by atoms with Crippen LogP contribution in [0.3, 0.4) is 0 Å². The minimum atomic E-state index is -0.189. The first-order chi connectivity index (χ1) is 10.4. The van der Waals surface area contributed by atoms with Crippen LogP contribution in [0.25, 0.3) is 0 Å². The number of carbonyl (C=O) groups is 1. The molecule has 22 heavy (non-hydrogen) atoms. The molecule has 1 aromatic carbocycles. The van der Waals surface area contributed by atoms with Gasteiger partial charge in [-0.3, -0.25) is 0 Å². The van der Waals surface area contributed by atoms with E-state index in [1.54, 1.807) is 6.08 Å². The predicted molar refractivity (Wildman–Crippen MR) is 91.1 cm³/mol. The molecule has 2 nitrogen and oxygen atoms in total. The fraction of sp³-hybridized carbons (Fsp3) is 0.550. The lowest BCUT2D eigenvalue weighted by Gasteiger charge is -2.26. The molecule has 1 saturated carbocycles. The molecule has 2 rings (SSSR count). The Kier molecular flexibility index (Phi) is 5.44. The topological polar surface area (TPSA) is 26.3 Å². The second-order valence-electron chi connectivity index (χ2n) is 7.20. The Morgan fingerprint density at radius 2 is 1.95 bits per heavy atom. The van der Waals surface area contributed by atoms with Crippen molar-refractivity contribution < 1.29 is 9.53 Å². The van der Waals surface area contributed by atoms with Crippen LogP contribution in [0.1, 0.15) is 70.4 Å². The molecule has 1 aliphatic rings. The lowest BCUT2D eigenvalue weighted by atomic mass is 9.79. The van der Waals surface area contributed by atoms with E-state index in [-0.39, 0.29) is 11.4 Å². The monoisotopic (exact) mass is 300 g/mol. The molecule has 0 spiro atoms. The van der Waals surface area contributed by atoms with E-state index in [2.05, 4.69) is 45.0 Å². The Morgan fingerprint density at radius 3 is 2.55 bits per heavy atom. The average Bonchev–Trinajstić information content (AvgIpc) is 2.47. The molecule has 0 radical (unpaired) electrons. The van der Waals surface area contributed by atoms with Crippen molar-refractivity contribution in [3.05, 3.63) is 47.0 Å². The summed E-state index contributed by atoms with van der Waals surface area (Å²) in [5.74, 6) is 0.423. The molecule has 120 valence electrons. The summed E-state index contributed by atoms with van der Waals surface area (Å²) in [4.78, 5) is 11.5. The summed E-state index contributed by atoms with van der Waals surface area (Å²) in [6.45, 7) is 9.06. The van der Waals surface area contributed by atoms with Crippen molar-refractivity contribution >= 4 is 5.97 Å². The van der Waals surface area contributed by atoms with E-state index in [4.69, 9.17) is 4.74 Å². The smallest absolute Gasteiger partial charge is 0.330 e. The summed E-state index contributed by atoms with van der Waals surface area (Å²) in [7, 11) is 0. The number of esters is 1. The summed E-state index contributed by atoms with van der Waals surface area (Å²) in [5.41, 5.74) is 4.28. The quantitative estimate of drug-likeness (QED) is 0.571. The Hall–Kier alpha value is -1.57. The van der Waals surface area contributed by atoms with E-state index in [9.17, 15) is 4.79 Å². The molecule has 1 fully saturated rings. The minimum Gasteiger partial charge on any atom is -0.463 e. The number of hydrogen-bond donors (Lipinski definition) is 0. The standard InChI is InChI=1S/C20H28O2/c1-5-22-19(21)13-15-9-11-16(12-10-15)17-7-6-8-18(14-17)20(2,3)4/h6-8,13-14,16H,5,9-12H2,1-4H3. The third-order valence-corrected chi connectivity index (χ3v) is 4.46. The van der Waals surface area contributed by atoms with E-state index < -0.39 is 0 Å². The summed E-state index contributed by atoms with van der Waals surface area (Å²) in [5, 5.41) is 0. The highest BCUT2D eigenvalue weighted by atomic mass is 16.5. The van der Waals surface area contributed by atoms with Gasteiger partial charge < -0.3 is 4.74 Å². The molecule has 1 aromatic rings. The SMILES string of the molecule is CCOC(=O)C=C1CCC(c2cccc(C(C)(C)C)c2)CC1. The molecule has 1 aliphatic carbocycles. The van der Waals surface area contributed by atoms with E-state index >= 15 is 0 Å². The van der Waals surface area contributed by atoms with E-state index in [1.165, 1.54) is 16.7 Å². The van der Waals surface area contributed by atoms with Crippen molar-refractivity contribution in [2.75, 3.05) is 6.61 Å². The van der Waals surface area contributed by atoms with E-state index in [0.29, 0.717) is 12.5 Å². The third-order valence-electron chi connectivity index (χ3n) is 4.46. The molecule has 0 aromatic heterocycles. The van der Waals surface area contributed by atoms with Gasteiger partial charge in [0.1, 0.15) is 0 Å². The van der Waals surface area contributed by atoms with Gasteiger partial charge in [-0.15, -0.1) is 0 Å². The summed E-state index contributed by atoms with van der Waals surface area (Å²) < 4.78 is 4.99.